The van der Waals surface area contributed by atoms with Crippen LogP contribution in [0, 0.1) is 0 Å². The largest absolute Gasteiger partial charge is 0.395 e. The van der Waals surface area contributed by atoms with E-state index in [4.69, 9.17) is 9.84 Å². The highest BCUT2D eigenvalue weighted by atomic mass is 16.5. The molecule has 13 heavy (non-hydrogen) atoms. The molecule has 1 aliphatic rings. The Morgan fingerprint density at radius 1 is 1.69 bits per heavy atom. The van der Waals surface area contributed by atoms with Crippen LogP contribution < -0.4 is 5.32 Å². The van der Waals surface area contributed by atoms with E-state index in [1.165, 1.54) is 12.8 Å². The number of aliphatic hydroxyl groups is 1. The van der Waals surface area contributed by atoms with Crippen LogP contribution in [-0.4, -0.2) is 37.5 Å². The highest BCUT2D eigenvalue weighted by Gasteiger charge is 2.13. The van der Waals surface area contributed by atoms with Crippen molar-refractivity contribution in [2.45, 2.75) is 31.3 Å². The van der Waals surface area contributed by atoms with E-state index in [-0.39, 0.29) is 12.6 Å². The van der Waals surface area contributed by atoms with Crippen molar-refractivity contribution in [1.82, 2.24) is 5.32 Å². The van der Waals surface area contributed by atoms with Gasteiger partial charge in [-0.1, -0.05) is 12.2 Å². The van der Waals surface area contributed by atoms with E-state index >= 15 is 0 Å². The monoisotopic (exact) mass is 185 g/mol. The summed E-state index contributed by atoms with van der Waals surface area (Å²) in [5, 5.41) is 12.4. The zero-order chi connectivity index (χ0) is 9.52. The van der Waals surface area contributed by atoms with Crippen molar-refractivity contribution in [1.29, 1.82) is 0 Å². The SMILES string of the molecule is COCC(CO)NC1C=CCCC1. The summed E-state index contributed by atoms with van der Waals surface area (Å²) in [5.74, 6) is 0. The molecule has 0 aromatic rings. The van der Waals surface area contributed by atoms with Crippen molar-refractivity contribution in [2.24, 2.45) is 0 Å². The van der Waals surface area contributed by atoms with Crippen molar-refractivity contribution in [3.05, 3.63) is 12.2 Å². The summed E-state index contributed by atoms with van der Waals surface area (Å²) in [7, 11) is 1.65. The number of aliphatic hydroxyl groups excluding tert-OH is 1. The fourth-order valence-corrected chi connectivity index (χ4v) is 1.61. The van der Waals surface area contributed by atoms with E-state index in [0.717, 1.165) is 6.42 Å². The third-order valence-corrected chi connectivity index (χ3v) is 2.29. The topological polar surface area (TPSA) is 41.5 Å². The Bertz CT molecular complexity index is 159. The van der Waals surface area contributed by atoms with Crippen LogP contribution in [-0.2, 0) is 4.74 Å². The van der Waals surface area contributed by atoms with Gasteiger partial charge in [0.1, 0.15) is 0 Å². The van der Waals surface area contributed by atoms with Crippen LogP contribution in [0.2, 0.25) is 0 Å². The molecule has 0 saturated heterocycles. The average Bonchev–Trinajstić information content (AvgIpc) is 2.19. The summed E-state index contributed by atoms with van der Waals surface area (Å²) >= 11 is 0. The van der Waals surface area contributed by atoms with Gasteiger partial charge in [-0.25, -0.2) is 0 Å². The lowest BCUT2D eigenvalue weighted by molar-refractivity contribution is 0.124. The Labute approximate surface area is 79.8 Å². The maximum atomic E-state index is 9.02. The van der Waals surface area contributed by atoms with Crippen LogP contribution in [0.5, 0.6) is 0 Å². The number of nitrogens with one attached hydrogen (secondary N) is 1. The second-order valence-electron chi connectivity index (χ2n) is 3.47. The third-order valence-electron chi connectivity index (χ3n) is 2.29. The van der Waals surface area contributed by atoms with Crippen molar-refractivity contribution >= 4 is 0 Å². The highest BCUT2D eigenvalue weighted by Crippen LogP contribution is 2.10. The average molecular weight is 185 g/mol. The standard InChI is InChI=1S/C10H19NO2/c1-13-8-10(7-12)11-9-5-3-2-4-6-9/h3,5,9-12H,2,4,6-8H2,1H3. The third kappa shape index (κ3) is 3.89. The molecule has 0 saturated carbocycles. The highest BCUT2D eigenvalue weighted by molar-refractivity contribution is 4.98. The van der Waals surface area contributed by atoms with Crippen LogP contribution in [0.3, 0.4) is 0 Å². The molecule has 0 fully saturated rings. The van der Waals surface area contributed by atoms with Gasteiger partial charge in [0.2, 0.25) is 0 Å². The maximum Gasteiger partial charge on any atom is 0.0638 e. The zero-order valence-corrected chi connectivity index (χ0v) is 8.20. The smallest absolute Gasteiger partial charge is 0.0638 e. The first-order valence-electron chi connectivity index (χ1n) is 4.89. The Morgan fingerprint density at radius 3 is 3.08 bits per heavy atom. The van der Waals surface area contributed by atoms with Crippen LogP contribution in [0.15, 0.2) is 12.2 Å². The van der Waals surface area contributed by atoms with Crippen LogP contribution >= 0.6 is 0 Å². The second-order valence-corrected chi connectivity index (χ2v) is 3.47. The Balaban J connectivity index is 2.27. The maximum absolute atomic E-state index is 9.02. The molecule has 2 unspecified atom stereocenters. The van der Waals surface area contributed by atoms with Crippen molar-refractivity contribution in [3.63, 3.8) is 0 Å². The number of methoxy groups -OCH3 is 1. The molecular formula is C10H19NO2. The normalized spacial score (nSPS) is 24.6. The van der Waals surface area contributed by atoms with Gasteiger partial charge >= 0.3 is 0 Å². The molecule has 3 heteroatoms. The minimum Gasteiger partial charge on any atom is -0.395 e. The van der Waals surface area contributed by atoms with E-state index in [2.05, 4.69) is 17.5 Å². The molecule has 0 heterocycles. The van der Waals surface area contributed by atoms with Gasteiger partial charge in [-0.05, 0) is 19.3 Å². The van der Waals surface area contributed by atoms with Gasteiger partial charge in [-0.15, -0.1) is 0 Å². The Hall–Kier alpha value is -0.380. The summed E-state index contributed by atoms with van der Waals surface area (Å²) in [4.78, 5) is 0. The lowest BCUT2D eigenvalue weighted by atomic mass is 10.0. The summed E-state index contributed by atoms with van der Waals surface area (Å²) in [6.07, 6.45) is 7.96. The molecule has 0 spiro atoms. The van der Waals surface area contributed by atoms with E-state index in [1.54, 1.807) is 7.11 Å². The van der Waals surface area contributed by atoms with Crippen molar-refractivity contribution < 1.29 is 9.84 Å². The van der Waals surface area contributed by atoms with E-state index in [1.807, 2.05) is 0 Å². The van der Waals surface area contributed by atoms with Crippen molar-refractivity contribution in [3.8, 4) is 0 Å². The Morgan fingerprint density at radius 2 is 2.54 bits per heavy atom. The predicted molar refractivity (Wildman–Crippen MR) is 52.7 cm³/mol. The van der Waals surface area contributed by atoms with E-state index in [0.29, 0.717) is 12.6 Å². The van der Waals surface area contributed by atoms with Gasteiger partial charge in [0.05, 0.1) is 19.3 Å². The van der Waals surface area contributed by atoms with Gasteiger partial charge in [0.15, 0.2) is 0 Å². The van der Waals surface area contributed by atoms with Gasteiger partial charge in [0, 0.05) is 13.2 Å². The lowest BCUT2D eigenvalue weighted by Crippen LogP contribution is -2.42. The quantitative estimate of drug-likeness (QED) is 0.619. The second kappa shape index (κ2) is 6.13. The van der Waals surface area contributed by atoms with Gasteiger partial charge in [-0.2, -0.15) is 0 Å². The number of ether oxygens (including phenoxy) is 1. The van der Waals surface area contributed by atoms with Crippen molar-refractivity contribution in [2.75, 3.05) is 20.3 Å². The molecule has 0 amide bonds. The number of hydrogen-bond acceptors (Lipinski definition) is 3. The fraction of sp³-hybridized carbons (Fsp3) is 0.800. The first-order chi connectivity index (χ1) is 6.36. The number of hydrogen-bond donors (Lipinski definition) is 2. The molecule has 0 bridgehead atoms. The van der Waals surface area contributed by atoms with Crippen LogP contribution in [0.1, 0.15) is 19.3 Å². The predicted octanol–water partition coefficient (Wildman–Crippen LogP) is 0.692. The molecule has 76 valence electrons. The Kier molecular flexibility index (Phi) is 5.05. The van der Waals surface area contributed by atoms with E-state index < -0.39 is 0 Å². The van der Waals surface area contributed by atoms with Gasteiger partial charge < -0.3 is 15.2 Å². The molecule has 3 nitrogen and oxygen atoms in total. The molecule has 1 rings (SSSR count). The van der Waals surface area contributed by atoms with E-state index in [9.17, 15) is 0 Å². The van der Waals surface area contributed by atoms with Crippen LogP contribution in [0.25, 0.3) is 0 Å². The summed E-state index contributed by atoms with van der Waals surface area (Å²) < 4.78 is 4.99. The molecule has 0 aromatic carbocycles. The number of rotatable bonds is 5. The first-order valence-corrected chi connectivity index (χ1v) is 4.89. The molecule has 0 radical (unpaired) electrons. The first kappa shape index (κ1) is 10.7. The fourth-order valence-electron chi connectivity index (χ4n) is 1.61. The van der Waals surface area contributed by atoms with Gasteiger partial charge in [0.25, 0.3) is 0 Å². The molecule has 0 aliphatic heterocycles. The molecule has 2 atom stereocenters. The molecule has 0 aromatic heterocycles. The van der Waals surface area contributed by atoms with Crippen LogP contribution in [0.4, 0.5) is 0 Å². The summed E-state index contributed by atoms with van der Waals surface area (Å²) in [5.41, 5.74) is 0. The summed E-state index contributed by atoms with van der Waals surface area (Å²) in [6, 6.07) is 0.485. The minimum atomic E-state index is 0.0674. The molecule has 2 N–H and O–H groups in total. The zero-order valence-electron chi connectivity index (χ0n) is 8.20. The summed E-state index contributed by atoms with van der Waals surface area (Å²) in [6.45, 7) is 0.707. The van der Waals surface area contributed by atoms with Gasteiger partial charge in [-0.3, -0.25) is 0 Å². The molecule has 1 aliphatic carbocycles. The minimum absolute atomic E-state index is 0.0674. The molecular weight excluding hydrogens is 166 g/mol. The number of allylic oxidation sites excluding steroid dienone is 1. The lowest BCUT2D eigenvalue weighted by Gasteiger charge is -2.23.